The van der Waals surface area contributed by atoms with Gasteiger partial charge in [-0.15, -0.1) is 0 Å². The predicted molar refractivity (Wildman–Crippen MR) is 104 cm³/mol. The zero-order valence-corrected chi connectivity index (χ0v) is 15.4. The van der Waals surface area contributed by atoms with Crippen LogP contribution in [-0.2, 0) is 6.42 Å². The number of amides is 1. The highest BCUT2D eigenvalue weighted by molar-refractivity contribution is 5.93. The lowest BCUT2D eigenvalue weighted by Crippen LogP contribution is -2.35. The summed E-state index contributed by atoms with van der Waals surface area (Å²) in [4.78, 5) is 12.4. The Labute approximate surface area is 162 Å². The molecule has 0 aliphatic carbocycles. The number of methoxy groups -OCH3 is 1. The summed E-state index contributed by atoms with van der Waals surface area (Å²) in [7, 11) is 1.63. The molecule has 4 rings (SSSR count). The Balaban J connectivity index is 1.37. The second-order valence-corrected chi connectivity index (χ2v) is 6.75. The standard InChI is InChI=1S/C21H21N3O4/c1-27-15-7-6-14-8-13(12-28-20(14)9-15)11-22-21(26)18-10-17(23-24-18)16-4-2-3-5-19(16)25/h2-7,9-10,13,25H,8,11-12H2,1H3,(H,22,26)(H,23,24). The Bertz CT molecular complexity index is 999. The van der Waals surface area contributed by atoms with Gasteiger partial charge in [0.1, 0.15) is 22.9 Å². The maximum absolute atomic E-state index is 12.4. The van der Waals surface area contributed by atoms with Gasteiger partial charge in [-0.25, -0.2) is 0 Å². The first-order chi connectivity index (χ1) is 13.6. The van der Waals surface area contributed by atoms with E-state index in [1.165, 1.54) is 0 Å². The molecule has 0 spiro atoms. The number of benzene rings is 2. The van der Waals surface area contributed by atoms with Crippen LogP contribution in [0.25, 0.3) is 11.3 Å². The molecule has 3 aromatic rings. The van der Waals surface area contributed by atoms with Crippen molar-refractivity contribution in [3.63, 3.8) is 0 Å². The van der Waals surface area contributed by atoms with Crippen molar-refractivity contribution in [1.82, 2.24) is 15.5 Å². The SMILES string of the molecule is COc1ccc2c(c1)OCC(CNC(=O)c1cc(-c3ccccc3O)n[nH]1)C2. The summed E-state index contributed by atoms with van der Waals surface area (Å²) in [5, 5.41) is 19.7. The van der Waals surface area contributed by atoms with Crippen LogP contribution in [0.5, 0.6) is 17.2 Å². The number of ether oxygens (including phenoxy) is 2. The lowest BCUT2D eigenvalue weighted by atomic mass is 9.96. The zero-order chi connectivity index (χ0) is 19.5. The molecule has 1 aliphatic heterocycles. The van der Waals surface area contributed by atoms with Crippen molar-refractivity contribution in [2.75, 3.05) is 20.3 Å². The minimum atomic E-state index is -0.241. The highest BCUT2D eigenvalue weighted by atomic mass is 16.5. The highest BCUT2D eigenvalue weighted by Crippen LogP contribution is 2.31. The molecule has 7 heteroatoms. The van der Waals surface area contributed by atoms with Gasteiger partial charge in [0, 0.05) is 24.1 Å². The average molecular weight is 379 g/mol. The number of hydrogen-bond acceptors (Lipinski definition) is 5. The van der Waals surface area contributed by atoms with Crippen LogP contribution in [0.3, 0.4) is 0 Å². The molecular formula is C21H21N3O4. The molecule has 1 atom stereocenters. The van der Waals surface area contributed by atoms with E-state index in [0.717, 1.165) is 23.5 Å². The van der Waals surface area contributed by atoms with Crippen LogP contribution in [0.2, 0.25) is 0 Å². The molecule has 1 aliphatic rings. The third-order valence-electron chi connectivity index (χ3n) is 4.81. The van der Waals surface area contributed by atoms with Gasteiger partial charge in [-0.3, -0.25) is 9.89 Å². The lowest BCUT2D eigenvalue weighted by molar-refractivity contribution is 0.0934. The van der Waals surface area contributed by atoms with E-state index in [1.807, 2.05) is 18.2 Å². The molecule has 0 saturated heterocycles. The van der Waals surface area contributed by atoms with Crippen molar-refractivity contribution in [3.05, 3.63) is 59.8 Å². The van der Waals surface area contributed by atoms with Gasteiger partial charge in [0.2, 0.25) is 0 Å². The van der Waals surface area contributed by atoms with Crippen LogP contribution in [0.1, 0.15) is 16.1 Å². The van der Waals surface area contributed by atoms with Gasteiger partial charge in [0.05, 0.1) is 19.4 Å². The van der Waals surface area contributed by atoms with E-state index in [4.69, 9.17) is 9.47 Å². The fraction of sp³-hybridized carbons (Fsp3) is 0.238. The van der Waals surface area contributed by atoms with Crippen molar-refractivity contribution in [1.29, 1.82) is 0 Å². The van der Waals surface area contributed by atoms with Gasteiger partial charge >= 0.3 is 0 Å². The first kappa shape index (κ1) is 17.9. The molecule has 0 radical (unpaired) electrons. The highest BCUT2D eigenvalue weighted by Gasteiger charge is 2.22. The number of rotatable bonds is 5. The normalized spacial score (nSPS) is 15.4. The largest absolute Gasteiger partial charge is 0.507 e. The fourth-order valence-corrected chi connectivity index (χ4v) is 3.27. The Kier molecular flexibility index (Phi) is 4.89. The van der Waals surface area contributed by atoms with Crippen LogP contribution in [0, 0.1) is 5.92 Å². The van der Waals surface area contributed by atoms with E-state index < -0.39 is 0 Å². The zero-order valence-electron chi connectivity index (χ0n) is 15.4. The van der Waals surface area contributed by atoms with E-state index in [1.54, 1.807) is 37.4 Å². The molecule has 7 nitrogen and oxygen atoms in total. The van der Waals surface area contributed by atoms with Crippen LogP contribution in [0.4, 0.5) is 0 Å². The maximum Gasteiger partial charge on any atom is 0.269 e. The number of phenols is 1. The average Bonchev–Trinajstić information content (AvgIpc) is 3.22. The second-order valence-electron chi connectivity index (χ2n) is 6.75. The van der Waals surface area contributed by atoms with Gasteiger partial charge in [-0.2, -0.15) is 5.10 Å². The van der Waals surface area contributed by atoms with Crippen molar-refractivity contribution >= 4 is 5.91 Å². The number of aromatic amines is 1. The summed E-state index contributed by atoms with van der Waals surface area (Å²) in [6, 6.07) is 14.3. The molecule has 0 saturated carbocycles. The minimum Gasteiger partial charge on any atom is -0.507 e. The van der Waals surface area contributed by atoms with Crippen molar-refractivity contribution in [2.24, 2.45) is 5.92 Å². The molecule has 2 aromatic carbocycles. The predicted octanol–water partition coefficient (Wildman–Crippen LogP) is 2.77. The summed E-state index contributed by atoms with van der Waals surface area (Å²) < 4.78 is 11.0. The molecule has 144 valence electrons. The summed E-state index contributed by atoms with van der Waals surface area (Å²) in [5.74, 6) is 1.67. The molecule has 2 heterocycles. The molecular weight excluding hydrogens is 358 g/mol. The van der Waals surface area contributed by atoms with Crippen LogP contribution < -0.4 is 14.8 Å². The van der Waals surface area contributed by atoms with Crippen molar-refractivity contribution < 1.29 is 19.4 Å². The third-order valence-corrected chi connectivity index (χ3v) is 4.81. The van der Waals surface area contributed by atoms with E-state index in [0.29, 0.717) is 30.1 Å². The number of aromatic hydroxyl groups is 1. The van der Waals surface area contributed by atoms with Crippen LogP contribution >= 0.6 is 0 Å². The second kappa shape index (κ2) is 7.64. The number of carbonyl (C=O) groups is 1. The quantitative estimate of drug-likeness (QED) is 0.633. The smallest absolute Gasteiger partial charge is 0.269 e. The number of hydrogen-bond donors (Lipinski definition) is 3. The van der Waals surface area contributed by atoms with Gasteiger partial charge in [-0.1, -0.05) is 18.2 Å². The van der Waals surface area contributed by atoms with Crippen molar-refractivity contribution in [2.45, 2.75) is 6.42 Å². The molecule has 28 heavy (non-hydrogen) atoms. The number of phenolic OH excluding ortho intramolecular Hbond substituents is 1. The minimum absolute atomic E-state index is 0.121. The van der Waals surface area contributed by atoms with E-state index in [2.05, 4.69) is 15.5 Å². The number of nitrogens with one attached hydrogen (secondary N) is 2. The Morgan fingerprint density at radius 3 is 3.00 bits per heavy atom. The first-order valence-corrected chi connectivity index (χ1v) is 9.05. The topological polar surface area (TPSA) is 96.5 Å². The van der Waals surface area contributed by atoms with Gasteiger partial charge < -0.3 is 19.9 Å². The lowest BCUT2D eigenvalue weighted by Gasteiger charge is -2.25. The summed E-state index contributed by atoms with van der Waals surface area (Å²) in [6.45, 7) is 1.03. The molecule has 3 N–H and O–H groups in total. The number of fused-ring (bicyclic) bond motifs is 1. The van der Waals surface area contributed by atoms with E-state index >= 15 is 0 Å². The Morgan fingerprint density at radius 2 is 2.18 bits per heavy atom. The summed E-state index contributed by atoms with van der Waals surface area (Å²) >= 11 is 0. The monoisotopic (exact) mass is 379 g/mol. The Morgan fingerprint density at radius 1 is 1.32 bits per heavy atom. The van der Waals surface area contributed by atoms with Gasteiger partial charge in [-0.05, 0) is 36.2 Å². The Hall–Kier alpha value is -3.48. The number of carbonyl (C=O) groups excluding carboxylic acids is 1. The molecule has 1 amide bonds. The van der Waals surface area contributed by atoms with Crippen LogP contribution in [0.15, 0.2) is 48.5 Å². The number of nitrogens with zero attached hydrogens (tertiary/aromatic N) is 1. The van der Waals surface area contributed by atoms with Crippen LogP contribution in [-0.4, -0.2) is 41.5 Å². The summed E-state index contributed by atoms with van der Waals surface area (Å²) in [5.41, 5.74) is 2.55. The molecule has 1 unspecified atom stereocenters. The number of H-pyrrole nitrogens is 1. The molecule has 1 aromatic heterocycles. The van der Waals surface area contributed by atoms with E-state index in [-0.39, 0.29) is 17.6 Å². The van der Waals surface area contributed by atoms with Gasteiger partial charge in [0.25, 0.3) is 5.91 Å². The van der Waals surface area contributed by atoms with Gasteiger partial charge in [0.15, 0.2) is 0 Å². The van der Waals surface area contributed by atoms with Crippen molar-refractivity contribution in [3.8, 4) is 28.5 Å². The molecule has 0 fully saturated rings. The fourth-order valence-electron chi connectivity index (χ4n) is 3.27. The number of aromatic nitrogens is 2. The third kappa shape index (κ3) is 3.64. The number of para-hydroxylation sites is 1. The maximum atomic E-state index is 12.4. The molecule has 0 bridgehead atoms. The first-order valence-electron chi connectivity index (χ1n) is 9.05. The van der Waals surface area contributed by atoms with E-state index in [9.17, 15) is 9.90 Å². The summed E-state index contributed by atoms with van der Waals surface area (Å²) in [6.07, 6.45) is 0.825.